The molecule has 2 aromatic rings. The second kappa shape index (κ2) is 7.50. The Labute approximate surface area is 150 Å². The molecule has 1 amide bonds. The highest BCUT2D eigenvalue weighted by molar-refractivity contribution is 7.89. The van der Waals surface area contributed by atoms with Gasteiger partial charge in [-0.3, -0.25) is 14.9 Å². The molecule has 0 fully saturated rings. The zero-order valence-electron chi connectivity index (χ0n) is 14.3. The average Bonchev–Trinajstić information content (AvgIpc) is 2.61. The van der Waals surface area contributed by atoms with Gasteiger partial charge in [0.15, 0.2) is 0 Å². The Morgan fingerprint density at radius 3 is 2.46 bits per heavy atom. The predicted molar refractivity (Wildman–Crippen MR) is 94.9 cm³/mol. The van der Waals surface area contributed by atoms with E-state index in [4.69, 9.17) is 4.74 Å². The van der Waals surface area contributed by atoms with E-state index in [9.17, 15) is 23.3 Å². The molecule has 0 heterocycles. The van der Waals surface area contributed by atoms with Crippen molar-refractivity contribution in [3.63, 3.8) is 0 Å². The van der Waals surface area contributed by atoms with Gasteiger partial charge in [-0.15, -0.1) is 0 Å². The van der Waals surface area contributed by atoms with Crippen molar-refractivity contribution in [2.24, 2.45) is 0 Å². The van der Waals surface area contributed by atoms with Crippen molar-refractivity contribution in [1.29, 1.82) is 0 Å². The van der Waals surface area contributed by atoms with Gasteiger partial charge in [-0.05, 0) is 24.3 Å². The largest absolute Gasteiger partial charge is 0.495 e. The van der Waals surface area contributed by atoms with Crippen molar-refractivity contribution in [3.8, 4) is 5.75 Å². The van der Waals surface area contributed by atoms with E-state index in [1.54, 1.807) is 0 Å². The van der Waals surface area contributed by atoms with Crippen LogP contribution in [0.1, 0.15) is 10.4 Å². The number of carbonyl (C=O) groups is 1. The lowest BCUT2D eigenvalue weighted by atomic mass is 10.2. The fourth-order valence-corrected chi connectivity index (χ4v) is 3.19. The van der Waals surface area contributed by atoms with Gasteiger partial charge in [0.25, 0.3) is 11.6 Å². The summed E-state index contributed by atoms with van der Waals surface area (Å²) in [7, 11) is 0.230. The summed E-state index contributed by atoms with van der Waals surface area (Å²) in [6.45, 7) is 0. The molecule has 2 aromatic carbocycles. The number of methoxy groups -OCH3 is 1. The molecule has 0 spiro atoms. The van der Waals surface area contributed by atoms with E-state index >= 15 is 0 Å². The number of nitrogens with zero attached hydrogens (tertiary/aromatic N) is 2. The number of ether oxygens (including phenoxy) is 1. The van der Waals surface area contributed by atoms with Crippen LogP contribution in [-0.2, 0) is 10.0 Å². The highest BCUT2D eigenvalue weighted by Crippen LogP contribution is 2.27. The van der Waals surface area contributed by atoms with Crippen LogP contribution in [-0.4, -0.2) is 44.8 Å². The normalized spacial score (nSPS) is 11.2. The fraction of sp³-hybridized carbons (Fsp3) is 0.188. The lowest BCUT2D eigenvalue weighted by Crippen LogP contribution is -2.23. The summed E-state index contributed by atoms with van der Waals surface area (Å²) in [5, 5.41) is 13.3. The number of rotatable bonds is 6. The summed E-state index contributed by atoms with van der Waals surface area (Å²) in [5.41, 5.74) is 0.114. The van der Waals surface area contributed by atoms with Crippen molar-refractivity contribution in [3.05, 3.63) is 58.1 Å². The molecule has 26 heavy (non-hydrogen) atoms. The number of nitrogens with one attached hydrogen (secondary N) is 1. The third-order valence-electron chi connectivity index (χ3n) is 3.50. The lowest BCUT2D eigenvalue weighted by molar-refractivity contribution is -0.384. The Morgan fingerprint density at radius 1 is 1.19 bits per heavy atom. The molecule has 9 nitrogen and oxygen atoms in total. The van der Waals surface area contributed by atoms with Crippen molar-refractivity contribution in [1.82, 2.24) is 4.31 Å². The molecule has 0 bridgehead atoms. The minimum absolute atomic E-state index is 0.0673. The number of benzene rings is 2. The van der Waals surface area contributed by atoms with Crippen LogP contribution in [0, 0.1) is 10.1 Å². The predicted octanol–water partition coefficient (Wildman–Crippen LogP) is 2.11. The molecule has 0 aliphatic heterocycles. The van der Waals surface area contributed by atoms with Gasteiger partial charge in [0.1, 0.15) is 10.6 Å². The minimum Gasteiger partial charge on any atom is -0.495 e. The molecule has 0 saturated heterocycles. The zero-order valence-corrected chi connectivity index (χ0v) is 15.1. The van der Waals surface area contributed by atoms with E-state index in [2.05, 4.69) is 5.32 Å². The van der Waals surface area contributed by atoms with Gasteiger partial charge in [0.05, 0.1) is 12.0 Å². The van der Waals surface area contributed by atoms with Crippen LogP contribution in [0.15, 0.2) is 47.4 Å². The molecule has 0 aliphatic carbocycles. The van der Waals surface area contributed by atoms with Gasteiger partial charge in [0.2, 0.25) is 10.0 Å². The maximum absolute atomic E-state index is 12.4. The SMILES string of the molecule is COc1ccc(C(=O)Nc2cccc([N+](=O)[O-])c2)cc1S(=O)(=O)N(C)C. The van der Waals surface area contributed by atoms with Gasteiger partial charge in [-0.1, -0.05) is 6.07 Å². The topological polar surface area (TPSA) is 119 Å². The van der Waals surface area contributed by atoms with Crippen molar-refractivity contribution in [2.75, 3.05) is 26.5 Å². The van der Waals surface area contributed by atoms with Gasteiger partial charge in [-0.25, -0.2) is 12.7 Å². The molecular weight excluding hydrogens is 362 g/mol. The summed E-state index contributed by atoms with van der Waals surface area (Å²) in [5.74, 6) is -0.506. The van der Waals surface area contributed by atoms with Crippen LogP contribution in [0.25, 0.3) is 0 Å². The van der Waals surface area contributed by atoms with Crippen LogP contribution in [0.5, 0.6) is 5.75 Å². The number of non-ortho nitro benzene ring substituents is 1. The summed E-state index contributed by atoms with van der Waals surface area (Å²) < 4.78 is 30.9. The first kappa shape index (κ1) is 19.3. The molecule has 1 N–H and O–H groups in total. The molecule has 2 rings (SSSR count). The van der Waals surface area contributed by atoms with E-state index < -0.39 is 20.9 Å². The molecule has 0 radical (unpaired) electrons. The standard InChI is InChI=1S/C16H17N3O6S/c1-18(2)26(23,24)15-9-11(7-8-14(15)25-3)16(20)17-12-5-4-6-13(10-12)19(21)22/h4-10H,1-3H3,(H,17,20). The second-order valence-electron chi connectivity index (χ2n) is 5.41. The molecule has 10 heteroatoms. The van der Waals surface area contributed by atoms with Crippen molar-refractivity contribution >= 4 is 27.3 Å². The molecule has 0 aliphatic rings. The summed E-state index contributed by atoms with van der Waals surface area (Å²) >= 11 is 0. The van der Waals surface area contributed by atoms with Crippen LogP contribution in [0.2, 0.25) is 0 Å². The fourth-order valence-electron chi connectivity index (χ4n) is 2.12. The van der Waals surface area contributed by atoms with Crippen LogP contribution in [0.3, 0.4) is 0 Å². The number of nitro benzene ring substituents is 1. The number of hydrogen-bond acceptors (Lipinski definition) is 6. The van der Waals surface area contributed by atoms with Gasteiger partial charge in [-0.2, -0.15) is 0 Å². The Bertz CT molecular complexity index is 956. The number of sulfonamides is 1. The highest BCUT2D eigenvalue weighted by Gasteiger charge is 2.24. The number of nitro groups is 1. The van der Waals surface area contributed by atoms with E-state index in [0.717, 1.165) is 4.31 Å². The van der Waals surface area contributed by atoms with E-state index in [1.165, 1.54) is 63.7 Å². The minimum atomic E-state index is -3.83. The highest BCUT2D eigenvalue weighted by atomic mass is 32.2. The third kappa shape index (κ3) is 3.98. The van der Waals surface area contributed by atoms with Gasteiger partial charge < -0.3 is 10.1 Å². The van der Waals surface area contributed by atoms with Crippen LogP contribution >= 0.6 is 0 Å². The Morgan fingerprint density at radius 2 is 1.88 bits per heavy atom. The smallest absolute Gasteiger partial charge is 0.271 e. The van der Waals surface area contributed by atoms with E-state index in [1.807, 2.05) is 0 Å². The maximum Gasteiger partial charge on any atom is 0.271 e. The van der Waals surface area contributed by atoms with Gasteiger partial charge in [0, 0.05) is 37.5 Å². The third-order valence-corrected chi connectivity index (χ3v) is 5.34. The monoisotopic (exact) mass is 379 g/mol. The lowest BCUT2D eigenvalue weighted by Gasteiger charge is -2.15. The first-order valence-corrected chi connectivity index (χ1v) is 8.77. The van der Waals surface area contributed by atoms with Gasteiger partial charge >= 0.3 is 0 Å². The maximum atomic E-state index is 12.4. The summed E-state index contributed by atoms with van der Waals surface area (Å²) in [6.07, 6.45) is 0. The van der Waals surface area contributed by atoms with E-state index in [-0.39, 0.29) is 27.6 Å². The van der Waals surface area contributed by atoms with Crippen molar-refractivity contribution in [2.45, 2.75) is 4.90 Å². The number of anilines is 1. The number of amides is 1. The molecular formula is C16H17N3O6S. The average molecular weight is 379 g/mol. The number of carbonyl (C=O) groups excluding carboxylic acids is 1. The first-order chi connectivity index (χ1) is 12.2. The Kier molecular flexibility index (Phi) is 5.58. The van der Waals surface area contributed by atoms with E-state index in [0.29, 0.717) is 0 Å². The zero-order chi connectivity index (χ0) is 19.5. The molecule has 138 valence electrons. The summed E-state index contributed by atoms with van der Waals surface area (Å²) in [4.78, 5) is 22.5. The molecule has 0 atom stereocenters. The Balaban J connectivity index is 2.38. The molecule has 0 saturated carbocycles. The quantitative estimate of drug-likeness (QED) is 0.606. The van der Waals surface area contributed by atoms with Crippen LogP contribution in [0.4, 0.5) is 11.4 Å². The second-order valence-corrected chi connectivity index (χ2v) is 7.53. The first-order valence-electron chi connectivity index (χ1n) is 7.33. The summed E-state index contributed by atoms with van der Waals surface area (Å²) in [6, 6.07) is 9.40. The number of hydrogen-bond donors (Lipinski definition) is 1. The van der Waals surface area contributed by atoms with Crippen molar-refractivity contribution < 1.29 is 22.9 Å². The Hall–Kier alpha value is -2.98. The molecule has 0 aromatic heterocycles. The molecule has 0 unspecified atom stereocenters. The van der Waals surface area contributed by atoms with Crippen LogP contribution < -0.4 is 10.1 Å².